The average Bonchev–Trinajstić information content (AvgIpc) is 3.53. The maximum absolute atomic E-state index is 11.3. The fourth-order valence-corrected chi connectivity index (χ4v) is 4.82. The molecule has 0 amide bonds. The van der Waals surface area contributed by atoms with Gasteiger partial charge >= 0.3 is 0 Å². The molecule has 0 aliphatic carbocycles. The molecule has 8 heteroatoms. The van der Waals surface area contributed by atoms with Crippen molar-refractivity contribution in [3.05, 3.63) is 72.0 Å². The van der Waals surface area contributed by atoms with Gasteiger partial charge in [-0.1, -0.05) is 18.2 Å². The fraction of sp³-hybridized carbons (Fsp3) is 0.143. The first-order valence-corrected chi connectivity index (χ1v) is 10.2. The third kappa shape index (κ3) is 2.46. The van der Waals surface area contributed by atoms with Gasteiger partial charge in [0.1, 0.15) is 21.9 Å². The van der Waals surface area contributed by atoms with Crippen molar-refractivity contribution in [1.29, 1.82) is 0 Å². The summed E-state index contributed by atoms with van der Waals surface area (Å²) in [6.45, 7) is 0.763. The van der Waals surface area contributed by atoms with Crippen LogP contribution < -0.4 is 0 Å². The van der Waals surface area contributed by atoms with Crippen LogP contribution in [0, 0.1) is 0 Å². The first-order chi connectivity index (χ1) is 14.2. The van der Waals surface area contributed by atoms with Gasteiger partial charge in [-0.3, -0.25) is 4.98 Å². The molecule has 29 heavy (non-hydrogen) atoms. The Kier molecular flexibility index (Phi) is 3.47. The highest BCUT2D eigenvalue weighted by Gasteiger charge is 2.40. The Balaban J connectivity index is 1.40. The van der Waals surface area contributed by atoms with Crippen LogP contribution in [-0.2, 0) is 12.1 Å². The molecule has 0 saturated carbocycles. The van der Waals surface area contributed by atoms with Crippen LogP contribution in [0.4, 0.5) is 0 Å². The fourth-order valence-electron chi connectivity index (χ4n) is 4.01. The molecular formula is C21H16N6OS. The zero-order chi connectivity index (χ0) is 19.4. The molecule has 7 nitrogen and oxygen atoms in total. The zero-order valence-corrected chi connectivity index (χ0v) is 16.1. The largest absolute Gasteiger partial charge is 0.377 e. The number of rotatable bonds is 3. The number of H-pyrrole nitrogens is 1. The van der Waals surface area contributed by atoms with Gasteiger partial charge in [0.2, 0.25) is 0 Å². The summed E-state index contributed by atoms with van der Waals surface area (Å²) in [5.41, 5.74) is 4.10. The number of imidazole rings is 1. The van der Waals surface area contributed by atoms with Gasteiger partial charge in [0.15, 0.2) is 5.65 Å². The van der Waals surface area contributed by atoms with E-state index in [1.807, 2.05) is 46.6 Å². The first kappa shape index (κ1) is 16.6. The van der Waals surface area contributed by atoms with Crippen molar-refractivity contribution in [3.63, 3.8) is 0 Å². The Morgan fingerprint density at radius 2 is 2.07 bits per heavy atom. The summed E-state index contributed by atoms with van der Waals surface area (Å²) >= 11 is 1.57. The molecule has 1 aliphatic rings. The molecule has 1 aromatic carbocycles. The Bertz CT molecular complexity index is 1350. The minimum absolute atomic E-state index is 0.622. The van der Waals surface area contributed by atoms with E-state index in [1.54, 1.807) is 29.9 Å². The smallest absolute Gasteiger partial charge is 0.156 e. The van der Waals surface area contributed by atoms with E-state index in [9.17, 15) is 5.11 Å². The lowest BCUT2D eigenvalue weighted by Crippen LogP contribution is -2.25. The molecule has 5 heterocycles. The van der Waals surface area contributed by atoms with Gasteiger partial charge < -0.3 is 14.7 Å². The molecule has 5 aromatic rings. The highest BCUT2D eigenvalue weighted by Crippen LogP contribution is 2.39. The second kappa shape index (κ2) is 6.07. The lowest BCUT2D eigenvalue weighted by atomic mass is 9.90. The van der Waals surface area contributed by atoms with E-state index in [1.165, 1.54) is 0 Å². The molecule has 1 unspecified atom stereocenters. The van der Waals surface area contributed by atoms with Crippen LogP contribution in [-0.4, -0.2) is 34.6 Å². The van der Waals surface area contributed by atoms with Crippen LogP contribution in [0.1, 0.15) is 17.8 Å². The Morgan fingerprint density at radius 3 is 3.03 bits per heavy atom. The van der Waals surface area contributed by atoms with E-state index >= 15 is 0 Å². The van der Waals surface area contributed by atoms with Gasteiger partial charge in [0.25, 0.3) is 0 Å². The van der Waals surface area contributed by atoms with Gasteiger partial charge in [-0.2, -0.15) is 0 Å². The molecule has 4 aromatic heterocycles. The van der Waals surface area contributed by atoms with Crippen molar-refractivity contribution in [2.75, 3.05) is 0 Å². The summed E-state index contributed by atoms with van der Waals surface area (Å²) < 4.78 is 2.01. The number of aromatic amines is 1. The monoisotopic (exact) mass is 400 g/mol. The lowest BCUT2D eigenvalue weighted by molar-refractivity contribution is 0.0786. The van der Waals surface area contributed by atoms with Crippen LogP contribution in [0.15, 0.2) is 60.6 Å². The minimum atomic E-state index is -1.06. The molecule has 1 aliphatic heterocycles. The number of nitrogens with zero attached hydrogens (tertiary/aromatic N) is 5. The van der Waals surface area contributed by atoms with Gasteiger partial charge in [-0.25, -0.2) is 15.0 Å². The van der Waals surface area contributed by atoms with Crippen molar-refractivity contribution >= 4 is 22.5 Å². The maximum Gasteiger partial charge on any atom is 0.156 e. The molecule has 2 N–H and O–H groups in total. The van der Waals surface area contributed by atoms with Crippen molar-refractivity contribution in [3.8, 4) is 21.8 Å². The number of hydrogen-bond donors (Lipinski definition) is 2. The molecule has 0 fully saturated rings. The minimum Gasteiger partial charge on any atom is -0.377 e. The summed E-state index contributed by atoms with van der Waals surface area (Å²) in [6.07, 6.45) is 9.51. The van der Waals surface area contributed by atoms with E-state index < -0.39 is 5.60 Å². The zero-order valence-electron chi connectivity index (χ0n) is 15.3. The first-order valence-electron chi connectivity index (χ1n) is 9.31. The number of hydrogen-bond acceptors (Lipinski definition) is 6. The van der Waals surface area contributed by atoms with Crippen molar-refractivity contribution in [2.24, 2.45) is 0 Å². The highest BCUT2D eigenvalue weighted by molar-refractivity contribution is 7.13. The molecule has 142 valence electrons. The van der Waals surface area contributed by atoms with Crippen molar-refractivity contribution in [2.45, 2.75) is 18.6 Å². The molecule has 6 rings (SSSR count). The highest BCUT2D eigenvalue weighted by atomic mass is 32.1. The van der Waals surface area contributed by atoms with Gasteiger partial charge in [0, 0.05) is 60.5 Å². The molecule has 0 bridgehead atoms. The van der Waals surface area contributed by atoms with Crippen LogP contribution >= 0.6 is 11.3 Å². The molecule has 0 saturated heterocycles. The summed E-state index contributed by atoms with van der Waals surface area (Å²) in [7, 11) is 0. The molecule has 0 radical (unpaired) electrons. The third-order valence-corrected chi connectivity index (χ3v) is 6.37. The summed E-state index contributed by atoms with van der Waals surface area (Å²) in [5, 5.41) is 14.2. The van der Waals surface area contributed by atoms with Crippen LogP contribution in [0.2, 0.25) is 0 Å². The number of aromatic nitrogens is 6. The molecule has 0 spiro atoms. The number of fused-ring (bicyclic) bond motifs is 2. The Labute approximate surface area is 169 Å². The average molecular weight is 400 g/mol. The second-order valence-corrected chi connectivity index (χ2v) is 7.99. The van der Waals surface area contributed by atoms with Crippen molar-refractivity contribution in [1.82, 2.24) is 29.5 Å². The van der Waals surface area contributed by atoms with Crippen molar-refractivity contribution < 1.29 is 5.11 Å². The Hall–Kier alpha value is -3.36. The van der Waals surface area contributed by atoms with E-state index in [2.05, 4.69) is 19.9 Å². The normalized spacial score (nSPS) is 18.4. The number of nitrogens with one attached hydrogen (secondary N) is 1. The summed E-state index contributed by atoms with van der Waals surface area (Å²) in [5.74, 6) is 0.701. The van der Waals surface area contributed by atoms with Gasteiger partial charge in [0.05, 0.1) is 5.69 Å². The lowest BCUT2D eigenvalue weighted by Gasteiger charge is -2.22. The van der Waals surface area contributed by atoms with E-state index in [0.29, 0.717) is 12.2 Å². The predicted molar refractivity (Wildman–Crippen MR) is 110 cm³/mol. The van der Waals surface area contributed by atoms with E-state index in [0.717, 1.165) is 45.1 Å². The van der Waals surface area contributed by atoms with Crippen LogP contribution in [0.5, 0.6) is 0 Å². The molecule has 1 atom stereocenters. The van der Waals surface area contributed by atoms with Gasteiger partial charge in [-0.05, 0) is 11.6 Å². The summed E-state index contributed by atoms with van der Waals surface area (Å²) in [6, 6.07) is 7.96. The number of benzene rings is 1. The number of aliphatic hydroxyl groups is 1. The quantitative estimate of drug-likeness (QED) is 0.483. The SMILES string of the molecule is OC1(c2cccc(-c3nc(-c4c[nH]c5nccnc45)cs3)c2)CCn2ccnc21. The summed E-state index contributed by atoms with van der Waals surface area (Å²) in [4.78, 5) is 21.1. The van der Waals surface area contributed by atoms with Crippen LogP contribution in [0.25, 0.3) is 33.0 Å². The standard InChI is InChI=1S/C21H16N6OS/c28-21(4-8-27-9-7-24-20(21)27)14-3-1-2-13(10-14)19-26-16(12-29-19)15-11-25-18-17(15)22-5-6-23-18/h1-3,5-7,9-12,28H,4,8H2,(H,23,25). The Morgan fingerprint density at radius 1 is 1.14 bits per heavy atom. The number of aryl methyl sites for hydroxylation is 1. The van der Waals surface area contributed by atoms with E-state index in [4.69, 9.17) is 4.98 Å². The maximum atomic E-state index is 11.3. The van der Waals surface area contributed by atoms with E-state index in [-0.39, 0.29) is 0 Å². The van der Waals surface area contributed by atoms with Crippen LogP contribution in [0.3, 0.4) is 0 Å². The molecular weight excluding hydrogens is 384 g/mol. The number of thiazole rings is 1. The topological polar surface area (TPSA) is 92.5 Å². The predicted octanol–water partition coefficient (Wildman–Crippen LogP) is 3.58. The third-order valence-electron chi connectivity index (χ3n) is 5.47. The second-order valence-electron chi connectivity index (χ2n) is 7.13. The van der Waals surface area contributed by atoms with Gasteiger partial charge in [-0.15, -0.1) is 11.3 Å².